The van der Waals surface area contributed by atoms with Crippen LogP contribution >= 0.6 is 12.8 Å². The van der Waals surface area contributed by atoms with E-state index < -0.39 is 0 Å². The van der Waals surface area contributed by atoms with E-state index in [4.69, 9.17) is 4.74 Å². The number of thiol groups is 1. The molecule has 0 saturated heterocycles. The van der Waals surface area contributed by atoms with Gasteiger partial charge in [-0.05, 0) is 23.8 Å². The van der Waals surface area contributed by atoms with Gasteiger partial charge in [-0.2, -0.15) is 0 Å². The van der Waals surface area contributed by atoms with Gasteiger partial charge in [0.25, 0.3) is 5.91 Å². The molecule has 18 heavy (non-hydrogen) atoms. The van der Waals surface area contributed by atoms with Gasteiger partial charge >= 0.3 is 0 Å². The van der Waals surface area contributed by atoms with E-state index in [1.807, 2.05) is 42.5 Å². The third kappa shape index (κ3) is 2.49. The number of ether oxygens (including phenoxy) is 1. The fraction of sp³-hybridized carbons (Fsp3) is 0.0714. The fourth-order valence-electron chi connectivity index (χ4n) is 1.78. The highest BCUT2D eigenvalue weighted by Gasteiger charge is 2.08. The molecule has 2 aromatic rings. The molecule has 0 heterocycles. The molecule has 0 aliphatic rings. The number of rotatable bonds is 3. The van der Waals surface area contributed by atoms with E-state index in [0.717, 1.165) is 16.9 Å². The van der Waals surface area contributed by atoms with Crippen LogP contribution in [0.2, 0.25) is 0 Å². The van der Waals surface area contributed by atoms with Gasteiger partial charge in [0.1, 0.15) is 5.75 Å². The van der Waals surface area contributed by atoms with Crippen LogP contribution in [0.4, 0.5) is 0 Å². The van der Waals surface area contributed by atoms with Crippen molar-refractivity contribution in [2.75, 3.05) is 7.11 Å². The summed E-state index contributed by atoms with van der Waals surface area (Å²) in [5, 5.41) is 0. The lowest BCUT2D eigenvalue weighted by Crippen LogP contribution is -2.12. The van der Waals surface area contributed by atoms with Gasteiger partial charge in [-0.3, -0.25) is 9.52 Å². The smallest absolute Gasteiger partial charge is 0.260 e. The summed E-state index contributed by atoms with van der Waals surface area (Å²) in [5.74, 6) is 0.552. The highest BCUT2D eigenvalue weighted by Crippen LogP contribution is 2.29. The van der Waals surface area contributed by atoms with Gasteiger partial charge in [-0.1, -0.05) is 43.1 Å². The summed E-state index contributed by atoms with van der Waals surface area (Å²) in [6, 6.07) is 15.0. The molecule has 0 aliphatic carbocycles. The lowest BCUT2D eigenvalue weighted by Gasteiger charge is -2.09. The SMILES string of the molecule is COc1ccccc1-c1cccc(C(=O)NS)c1. The van der Waals surface area contributed by atoms with Gasteiger partial charge in [0.05, 0.1) is 7.11 Å². The summed E-state index contributed by atoms with van der Waals surface area (Å²) in [6.07, 6.45) is 0. The van der Waals surface area contributed by atoms with Gasteiger partial charge < -0.3 is 4.74 Å². The molecule has 4 heteroatoms. The molecule has 1 N–H and O–H groups in total. The Bertz CT molecular complexity index is 569. The number of benzene rings is 2. The van der Waals surface area contributed by atoms with E-state index in [-0.39, 0.29) is 5.91 Å². The zero-order valence-corrected chi connectivity index (χ0v) is 10.8. The molecule has 0 bridgehead atoms. The molecule has 0 unspecified atom stereocenters. The number of carbonyl (C=O) groups is 1. The first-order valence-corrected chi connectivity index (χ1v) is 5.89. The maximum atomic E-state index is 11.5. The number of nitrogens with one attached hydrogen (secondary N) is 1. The first kappa shape index (κ1) is 12.5. The largest absolute Gasteiger partial charge is 0.496 e. The molecular weight excluding hydrogens is 246 g/mol. The van der Waals surface area contributed by atoms with Gasteiger partial charge in [-0.15, -0.1) is 0 Å². The highest BCUT2D eigenvalue weighted by atomic mass is 32.1. The Morgan fingerprint density at radius 3 is 2.67 bits per heavy atom. The quantitative estimate of drug-likeness (QED) is 0.832. The predicted molar refractivity (Wildman–Crippen MR) is 74.9 cm³/mol. The van der Waals surface area contributed by atoms with E-state index in [2.05, 4.69) is 17.5 Å². The van der Waals surface area contributed by atoms with Crippen LogP contribution in [0.15, 0.2) is 48.5 Å². The van der Waals surface area contributed by atoms with E-state index in [1.165, 1.54) is 0 Å². The van der Waals surface area contributed by atoms with Crippen LogP contribution in [0.5, 0.6) is 5.75 Å². The minimum absolute atomic E-state index is 0.227. The van der Waals surface area contributed by atoms with Gasteiger partial charge in [0.2, 0.25) is 0 Å². The van der Waals surface area contributed by atoms with E-state index >= 15 is 0 Å². The number of amides is 1. The lowest BCUT2D eigenvalue weighted by molar-refractivity contribution is 0.0985. The van der Waals surface area contributed by atoms with Crippen molar-refractivity contribution in [2.24, 2.45) is 0 Å². The maximum Gasteiger partial charge on any atom is 0.260 e. The molecule has 0 fully saturated rings. The minimum Gasteiger partial charge on any atom is -0.496 e. The van der Waals surface area contributed by atoms with Crippen molar-refractivity contribution < 1.29 is 9.53 Å². The molecule has 92 valence electrons. The van der Waals surface area contributed by atoms with Crippen molar-refractivity contribution in [3.8, 4) is 16.9 Å². The summed E-state index contributed by atoms with van der Waals surface area (Å²) in [7, 11) is 1.63. The molecule has 2 aromatic carbocycles. The fourth-order valence-corrected chi connectivity index (χ4v) is 1.90. The molecule has 0 aliphatic heterocycles. The van der Waals surface area contributed by atoms with Crippen molar-refractivity contribution in [1.82, 2.24) is 4.72 Å². The van der Waals surface area contributed by atoms with Gasteiger partial charge in [-0.25, -0.2) is 0 Å². The van der Waals surface area contributed by atoms with Crippen LogP contribution in [-0.4, -0.2) is 13.0 Å². The molecule has 1 amide bonds. The monoisotopic (exact) mass is 259 g/mol. The Hall–Kier alpha value is -1.94. The van der Waals surface area contributed by atoms with E-state index in [9.17, 15) is 4.79 Å². The second-order valence-electron chi connectivity index (χ2n) is 3.72. The van der Waals surface area contributed by atoms with Crippen molar-refractivity contribution in [1.29, 1.82) is 0 Å². The second-order valence-corrected chi connectivity index (χ2v) is 3.95. The van der Waals surface area contributed by atoms with Crippen molar-refractivity contribution in [2.45, 2.75) is 0 Å². The summed E-state index contributed by atoms with van der Waals surface area (Å²) in [6.45, 7) is 0. The summed E-state index contributed by atoms with van der Waals surface area (Å²) >= 11 is 3.76. The zero-order chi connectivity index (χ0) is 13.0. The summed E-state index contributed by atoms with van der Waals surface area (Å²) in [5.41, 5.74) is 2.45. The molecule has 2 rings (SSSR count). The Morgan fingerprint density at radius 2 is 1.94 bits per heavy atom. The van der Waals surface area contributed by atoms with Crippen LogP contribution in [0.1, 0.15) is 10.4 Å². The van der Waals surface area contributed by atoms with Crippen LogP contribution < -0.4 is 9.46 Å². The number of hydrogen-bond acceptors (Lipinski definition) is 3. The molecule has 0 saturated carbocycles. The zero-order valence-electron chi connectivity index (χ0n) is 9.88. The Kier molecular flexibility index (Phi) is 3.89. The average molecular weight is 259 g/mol. The molecule has 0 atom stereocenters. The predicted octanol–water partition coefficient (Wildman–Crippen LogP) is 2.94. The minimum atomic E-state index is -0.227. The molecule has 0 aromatic heterocycles. The van der Waals surface area contributed by atoms with Crippen LogP contribution in [-0.2, 0) is 0 Å². The topological polar surface area (TPSA) is 38.3 Å². The summed E-state index contributed by atoms with van der Waals surface area (Å²) in [4.78, 5) is 11.5. The van der Waals surface area contributed by atoms with Crippen LogP contribution in [0.25, 0.3) is 11.1 Å². The van der Waals surface area contributed by atoms with Crippen molar-refractivity contribution in [3.05, 3.63) is 54.1 Å². The number of hydrogen-bond donors (Lipinski definition) is 2. The average Bonchev–Trinajstić information content (AvgIpc) is 2.46. The van der Waals surface area contributed by atoms with Gasteiger partial charge in [0, 0.05) is 11.1 Å². The maximum absolute atomic E-state index is 11.5. The summed E-state index contributed by atoms with van der Waals surface area (Å²) < 4.78 is 7.62. The first-order chi connectivity index (χ1) is 8.76. The highest BCUT2D eigenvalue weighted by molar-refractivity contribution is 7.78. The molecule has 3 nitrogen and oxygen atoms in total. The van der Waals surface area contributed by atoms with E-state index in [0.29, 0.717) is 5.56 Å². The Balaban J connectivity index is 2.48. The molecular formula is C14H13NO2S. The van der Waals surface area contributed by atoms with Crippen molar-refractivity contribution >= 4 is 18.7 Å². The van der Waals surface area contributed by atoms with Crippen molar-refractivity contribution in [3.63, 3.8) is 0 Å². The number of carbonyl (C=O) groups excluding carboxylic acids is 1. The van der Waals surface area contributed by atoms with E-state index in [1.54, 1.807) is 13.2 Å². The Morgan fingerprint density at radius 1 is 1.17 bits per heavy atom. The Labute approximate surface area is 111 Å². The van der Waals surface area contributed by atoms with Crippen LogP contribution in [0, 0.1) is 0 Å². The second kappa shape index (κ2) is 5.60. The standard InChI is InChI=1S/C14H13NO2S/c1-17-13-8-3-2-7-12(13)10-5-4-6-11(9-10)14(16)15-18/h2-9,18H,1H3,(H,15,16). The molecule has 0 spiro atoms. The van der Waals surface area contributed by atoms with Gasteiger partial charge in [0.15, 0.2) is 0 Å². The third-order valence-electron chi connectivity index (χ3n) is 2.64. The number of methoxy groups -OCH3 is 1. The first-order valence-electron chi connectivity index (χ1n) is 5.44. The normalized spacial score (nSPS) is 9.89. The number of para-hydroxylation sites is 1. The lowest BCUT2D eigenvalue weighted by atomic mass is 10.0. The van der Waals surface area contributed by atoms with Crippen LogP contribution in [0.3, 0.4) is 0 Å². The molecule has 0 radical (unpaired) electrons. The third-order valence-corrected chi connectivity index (χ3v) is 2.85.